The van der Waals surface area contributed by atoms with E-state index in [0.717, 1.165) is 0 Å². The van der Waals surface area contributed by atoms with Crippen molar-refractivity contribution in [1.82, 2.24) is 9.97 Å². The van der Waals surface area contributed by atoms with Crippen molar-refractivity contribution >= 4 is 35.4 Å². The number of aromatic amines is 1. The minimum absolute atomic E-state index is 0.310. The van der Waals surface area contributed by atoms with Crippen LogP contribution in [-0.4, -0.2) is 15.1 Å². The number of H-pyrrole nitrogens is 1. The van der Waals surface area contributed by atoms with Crippen LogP contribution in [0, 0.1) is 4.77 Å². The first-order valence-corrected chi connectivity index (χ1v) is 6.16. The lowest BCUT2D eigenvalue weighted by atomic mass is 10.0. The van der Waals surface area contributed by atoms with Crippen molar-refractivity contribution in [3.63, 3.8) is 0 Å². The normalized spacial score (nSPS) is 16.7. The van der Waals surface area contributed by atoms with E-state index in [4.69, 9.17) is 40.2 Å². The van der Waals surface area contributed by atoms with Crippen LogP contribution in [0.25, 0.3) is 11.3 Å². The van der Waals surface area contributed by atoms with Gasteiger partial charge in [0, 0.05) is 16.8 Å². The van der Waals surface area contributed by atoms with Crippen LogP contribution in [0.4, 0.5) is 0 Å². The maximum absolute atomic E-state index is 9.88. The van der Waals surface area contributed by atoms with Gasteiger partial charge in [-0.15, -0.1) is 0 Å². The topological polar surface area (TPSA) is 58.1 Å². The highest BCUT2D eigenvalue weighted by atomic mass is 35.5. The molecule has 1 aromatic heterocycles. The molecule has 4 nitrogen and oxygen atoms in total. The lowest BCUT2D eigenvalue weighted by Crippen LogP contribution is -2.15. The summed E-state index contributed by atoms with van der Waals surface area (Å²) in [7, 11) is 0. The highest BCUT2D eigenvalue weighted by Gasteiger charge is 2.27. The van der Waals surface area contributed by atoms with Gasteiger partial charge in [0.1, 0.15) is 0 Å². The average Bonchev–Trinajstić information content (AvgIpc) is 2.31. The fourth-order valence-electron chi connectivity index (χ4n) is 1.86. The molecule has 1 unspecified atom stereocenters. The van der Waals surface area contributed by atoms with Crippen LogP contribution >= 0.6 is 35.4 Å². The number of ether oxygens (including phenoxy) is 1. The van der Waals surface area contributed by atoms with Gasteiger partial charge in [0.25, 0.3) is 0 Å². The second-order valence-corrected chi connectivity index (χ2v) is 4.98. The molecule has 0 aliphatic carbocycles. The Morgan fingerprint density at radius 2 is 2.17 bits per heavy atom. The second kappa shape index (κ2) is 4.20. The van der Waals surface area contributed by atoms with Crippen molar-refractivity contribution in [2.45, 2.75) is 6.29 Å². The first kappa shape index (κ1) is 11.9. The third kappa shape index (κ3) is 1.80. The predicted octanol–water partition coefficient (Wildman–Crippen LogP) is 3.50. The van der Waals surface area contributed by atoms with E-state index in [2.05, 4.69) is 9.97 Å². The molecule has 18 heavy (non-hydrogen) atoms. The average molecular weight is 301 g/mol. The van der Waals surface area contributed by atoms with Crippen molar-refractivity contribution in [3.05, 3.63) is 38.7 Å². The highest BCUT2D eigenvalue weighted by molar-refractivity contribution is 7.71. The fraction of sp³-hybridized carbons (Fsp3) is 0.0909. The molecular formula is C11H6Cl2N2O2S. The van der Waals surface area contributed by atoms with Gasteiger partial charge < -0.3 is 14.8 Å². The van der Waals surface area contributed by atoms with Gasteiger partial charge in [-0.1, -0.05) is 23.2 Å². The molecule has 1 aliphatic heterocycles. The molecule has 2 aromatic rings. The Morgan fingerprint density at radius 1 is 1.39 bits per heavy atom. The molecule has 0 radical (unpaired) electrons. The van der Waals surface area contributed by atoms with Gasteiger partial charge in [-0.2, -0.15) is 0 Å². The summed E-state index contributed by atoms with van der Waals surface area (Å²) >= 11 is 17.0. The number of aromatic nitrogens is 2. The number of halogens is 2. The Bertz CT molecular complexity index is 702. The number of benzene rings is 1. The molecule has 92 valence electrons. The van der Waals surface area contributed by atoms with E-state index in [0.29, 0.717) is 37.4 Å². The molecule has 0 bridgehead atoms. The van der Waals surface area contributed by atoms with Crippen LogP contribution in [-0.2, 0) is 0 Å². The lowest BCUT2D eigenvalue weighted by Gasteiger charge is -2.25. The predicted molar refractivity (Wildman–Crippen MR) is 70.5 cm³/mol. The Balaban J connectivity index is 2.37. The maximum Gasteiger partial charge on any atom is 0.227 e. The van der Waals surface area contributed by atoms with Crippen molar-refractivity contribution in [2.75, 3.05) is 0 Å². The van der Waals surface area contributed by atoms with E-state index in [1.807, 2.05) is 0 Å². The molecule has 0 saturated heterocycles. The number of aliphatic hydroxyl groups excluding tert-OH is 1. The first-order chi connectivity index (χ1) is 8.56. The molecule has 0 spiro atoms. The van der Waals surface area contributed by atoms with Crippen molar-refractivity contribution in [3.8, 4) is 17.0 Å². The van der Waals surface area contributed by atoms with Gasteiger partial charge in [-0.25, -0.2) is 4.98 Å². The lowest BCUT2D eigenvalue weighted by molar-refractivity contribution is -0.0218. The van der Waals surface area contributed by atoms with E-state index in [1.54, 1.807) is 12.1 Å². The summed E-state index contributed by atoms with van der Waals surface area (Å²) in [6.45, 7) is 0. The number of nitrogens with zero attached hydrogens (tertiary/aromatic N) is 1. The molecule has 2 heterocycles. The van der Waals surface area contributed by atoms with E-state index < -0.39 is 6.29 Å². The number of nitrogens with one attached hydrogen (secondary N) is 1. The van der Waals surface area contributed by atoms with E-state index in [9.17, 15) is 5.11 Å². The van der Waals surface area contributed by atoms with Gasteiger partial charge in [-0.05, 0) is 24.4 Å². The van der Waals surface area contributed by atoms with Crippen LogP contribution in [0.3, 0.4) is 0 Å². The Labute approximate surface area is 117 Å². The first-order valence-electron chi connectivity index (χ1n) is 4.99. The minimum atomic E-state index is -1.13. The summed E-state index contributed by atoms with van der Waals surface area (Å²) < 4.78 is 5.66. The molecule has 0 fully saturated rings. The van der Waals surface area contributed by atoms with Crippen molar-refractivity contribution in [2.24, 2.45) is 0 Å². The summed E-state index contributed by atoms with van der Waals surface area (Å²) in [6.07, 6.45) is 0.335. The summed E-state index contributed by atoms with van der Waals surface area (Å²) in [6, 6.07) is 3.24. The van der Waals surface area contributed by atoms with Gasteiger partial charge in [0.2, 0.25) is 6.29 Å². The highest BCUT2D eigenvalue weighted by Crippen LogP contribution is 2.45. The van der Waals surface area contributed by atoms with Crippen LogP contribution in [0.15, 0.2) is 18.3 Å². The number of fused-ring (bicyclic) bond motifs is 3. The van der Waals surface area contributed by atoms with Gasteiger partial charge in [-0.3, -0.25) is 0 Å². The van der Waals surface area contributed by atoms with Gasteiger partial charge in [0.15, 0.2) is 10.5 Å². The maximum atomic E-state index is 9.88. The van der Waals surface area contributed by atoms with Crippen molar-refractivity contribution in [1.29, 1.82) is 0 Å². The zero-order valence-corrected chi connectivity index (χ0v) is 11.1. The second-order valence-electron chi connectivity index (χ2n) is 3.75. The smallest absolute Gasteiger partial charge is 0.227 e. The summed E-state index contributed by atoms with van der Waals surface area (Å²) in [5, 5.41) is 10.7. The van der Waals surface area contributed by atoms with Crippen molar-refractivity contribution < 1.29 is 9.84 Å². The number of hydrogen-bond acceptors (Lipinski definition) is 4. The van der Waals surface area contributed by atoms with Gasteiger partial charge in [0.05, 0.1) is 16.3 Å². The molecule has 2 N–H and O–H groups in total. The summed E-state index contributed by atoms with van der Waals surface area (Å²) in [4.78, 5) is 6.83. The van der Waals surface area contributed by atoms with E-state index in [-0.39, 0.29) is 0 Å². The summed E-state index contributed by atoms with van der Waals surface area (Å²) in [5.41, 5.74) is 1.77. The Hall–Kier alpha value is -1.14. The molecule has 0 saturated carbocycles. The number of aliphatic hydroxyl groups is 1. The third-order valence-electron chi connectivity index (χ3n) is 2.61. The monoisotopic (exact) mass is 300 g/mol. The van der Waals surface area contributed by atoms with Crippen LogP contribution in [0.1, 0.15) is 11.9 Å². The molecule has 7 heteroatoms. The zero-order chi connectivity index (χ0) is 12.9. The molecule has 1 aromatic carbocycles. The van der Waals surface area contributed by atoms with Crippen LogP contribution in [0.2, 0.25) is 10.0 Å². The molecule has 3 rings (SSSR count). The van der Waals surface area contributed by atoms with Crippen LogP contribution < -0.4 is 4.74 Å². The van der Waals surface area contributed by atoms with Gasteiger partial charge >= 0.3 is 0 Å². The molecule has 1 atom stereocenters. The number of rotatable bonds is 0. The van der Waals surface area contributed by atoms with E-state index >= 15 is 0 Å². The third-order valence-corrected chi connectivity index (χ3v) is 3.32. The molecule has 0 amide bonds. The standard InChI is InChI=1S/C11H6Cl2N2O2S/c12-4-1-5-8-6(3-14-11(18)15-8)10(16)17-9(5)7(13)2-4/h1-3,10,16H,(H,14,15,18). The summed E-state index contributed by atoms with van der Waals surface area (Å²) in [5.74, 6) is 0.373. The number of hydrogen-bond donors (Lipinski definition) is 2. The fourth-order valence-corrected chi connectivity index (χ4v) is 2.55. The largest absolute Gasteiger partial charge is 0.458 e. The van der Waals surface area contributed by atoms with E-state index in [1.165, 1.54) is 6.20 Å². The molecule has 1 aliphatic rings. The SMILES string of the molecule is OC1Oc2c(Cl)cc(Cl)cc2-c2[nH]c(=S)ncc21. The van der Waals surface area contributed by atoms with Crippen LogP contribution in [0.5, 0.6) is 5.75 Å². The minimum Gasteiger partial charge on any atom is -0.458 e. The Morgan fingerprint density at radius 3 is 2.94 bits per heavy atom. The molecular weight excluding hydrogens is 295 g/mol. The quantitative estimate of drug-likeness (QED) is 0.731. The zero-order valence-electron chi connectivity index (χ0n) is 8.78. The Kier molecular flexibility index (Phi) is 2.79.